The molecule has 0 aromatic carbocycles. The number of aliphatic hydroxyl groups excluding tert-OH is 2. The molecule has 1 unspecified atom stereocenters. The molecule has 0 saturated carbocycles. The van der Waals surface area contributed by atoms with Gasteiger partial charge in [-0.25, -0.2) is 10.2 Å². The topological polar surface area (TPSA) is 102 Å². The minimum Gasteiger partial charge on any atom is -0.464 e. The van der Waals surface area contributed by atoms with Crippen molar-refractivity contribution in [3.63, 3.8) is 0 Å². The molecule has 0 rings (SSSR count). The summed E-state index contributed by atoms with van der Waals surface area (Å²) in [6, 6.07) is 0. The summed E-state index contributed by atoms with van der Waals surface area (Å²) in [7, 11) is 0. The van der Waals surface area contributed by atoms with Gasteiger partial charge in [-0.15, -0.1) is 0 Å². The maximum absolute atomic E-state index is 9.75. The molecule has 0 aliphatic rings. The third-order valence-corrected chi connectivity index (χ3v) is 0.744. The summed E-state index contributed by atoms with van der Waals surface area (Å²) in [6.07, 6.45) is -2.17. The highest BCUT2D eigenvalue weighted by atomic mass is 16.4. The van der Waals surface area contributed by atoms with E-state index in [4.69, 9.17) is 15.3 Å². The molecule has 60 valence electrons. The maximum Gasteiger partial charge on any atom is 0.419 e. The second-order valence-electron chi connectivity index (χ2n) is 1.65. The fourth-order valence-corrected chi connectivity index (χ4v) is 0.309. The summed E-state index contributed by atoms with van der Waals surface area (Å²) in [4.78, 5) is 9.75. The first-order valence-corrected chi connectivity index (χ1v) is 2.67. The second kappa shape index (κ2) is 4.98. The predicted molar refractivity (Wildman–Crippen MR) is 32.3 cm³/mol. The zero-order valence-corrected chi connectivity index (χ0v) is 5.24. The standard InChI is InChI=1S/C4H10N2O4/c7-2-3(8)1-5-6-4(9)10/h3,5-8H,1-2H2,(H,9,10). The molecule has 0 aliphatic heterocycles. The Morgan fingerprint density at radius 2 is 2.20 bits per heavy atom. The number of hydrazine groups is 1. The molecule has 5 N–H and O–H groups in total. The number of hydrogen-bond acceptors (Lipinski definition) is 4. The Bertz CT molecular complexity index is 107. The van der Waals surface area contributed by atoms with Gasteiger partial charge >= 0.3 is 6.09 Å². The van der Waals surface area contributed by atoms with Gasteiger partial charge in [-0.3, -0.25) is 5.43 Å². The van der Waals surface area contributed by atoms with Crippen LogP contribution in [0.5, 0.6) is 0 Å². The Morgan fingerprint density at radius 1 is 1.60 bits per heavy atom. The van der Waals surface area contributed by atoms with Crippen molar-refractivity contribution in [2.75, 3.05) is 13.2 Å². The number of carboxylic acid groups (broad SMARTS) is 1. The van der Waals surface area contributed by atoms with Crippen LogP contribution < -0.4 is 10.9 Å². The Balaban J connectivity index is 3.11. The van der Waals surface area contributed by atoms with Gasteiger partial charge in [0, 0.05) is 6.54 Å². The van der Waals surface area contributed by atoms with Crippen molar-refractivity contribution in [3.05, 3.63) is 0 Å². The van der Waals surface area contributed by atoms with Gasteiger partial charge in [0.15, 0.2) is 0 Å². The van der Waals surface area contributed by atoms with E-state index in [1.165, 1.54) is 0 Å². The number of hydrogen-bond donors (Lipinski definition) is 5. The quantitative estimate of drug-likeness (QED) is 0.302. The van der Waals surface area contributed by atoms with E-state index >= 15 is 0 Å². The lowest BCUT2D eigenvalue weighted by Crippen LogP contribution is -2.41. The van der Waals surface area contributed by atoms with Gasteiger partial charge in [-0.2, -0.15) is 0 Å². The fraction of sp³-hybridized carbons (Fsp3) is 0.750. The molecule has 0 aliphatic carbocycles. The molecule has 1 amide bonds. The molecule has 6 nitrogen and oxygen atoms in total. The molecule has 0 aromatic heterocycles. The van der Waals surface area contributed by atoms with E-state index in [1.54, 1.807) is 5.43 Å². The monoisotopic (exact) mass is 150 g/mol. The van der Waals surface area contributed by atoms with Crippen LogP contribution in [0.3, 0.4) is 0 Å². The lowest BCUT2D eigenvalue weighted by Gasteiger charge is -2.06. The van der Waals surface area contributed by atoms with Gasteiger partial charge in [-0.05, 0) is 0 Å². The zero-order valence-electron chi connectivity index (χ0n) is 5.24. The molecule has 0 aromatic rings. The van der Waals surface area contributed by atoms with Crippen molar-refractivity contribution in [3.8, 4) is 0 Å². The molecule has 0 spiro atoms. The van der Waals surface area contributed by atoms with Crippen LogP contribution in [0.4, 0.5) is 4.79 Å². The average molecular weight is 150 g/mol. The van der Waals surface area contributed by atoms with Crippen molar-refractivity contribution in [1.82, 2.24) is 10.9 Å². The molecule has 0 heterocycles. The number of amides is 1. The molecule has 1 atom stereocenters. The number of carbonyl (C=O) groups is 1. The first-order chi connectivity index (χ1) is 4.66. The number of nitrogens with one attached hydrogen (secondary N) is 2. The Labute approximate surface area is 57.4 Å². The molecule has 10 heavy (non-hydrogen) atoms. The van der Waals surface area contributed by atoms with E-state index in [-0.39, 0.29) is 6.54 Å². The van der Waals surface area contributed by atoms with Gasteiger partial charge < -0.3 is 15.3 Å². The molecule has 0 radical (unpaired) electrons. The van der Waals surface area contributed by atoms with Crippen LogP contribution >= 0.6 is 0 Å². The summed E-state index contributed by atoms with van der Waals surface area (Å²) >= 11 is 0. The second-order valence-corrected chi connectivity index (χ2v) is 1.65. The molecule has 0 fully saturated rings. The summed E-state index contributed by atoms with van der Waals surface area (Å²) in [6.45, 7) is -0.406. The number of aliphatic hydroxyl groups is 2. The van der Waals surface area contributed by atoms with Gasteiger partial charge in [-0.1, -0.05) is 0 Å². The van der Waals surface area contributed by atoms with Crippen molar-refractivity contribution in [2.24, 2.45) is 0 Å². The minimum absolute atomic E-state index is 0.0111. The third-order valence-electron chi connectivity index (χ3n) is 0.744. The molecular weight excluding hydrogens is 140 g/mol. The van der Waals surface area contributed by atoms with Crippen LogP contribution in [0, 0.1) is 0 Å². The van der Waals surface area contributed by atoms with Crippen molar-refractivity contribution < 1.29 is 20.1 Å². The van der Waals surface area contributed by atoms with E-state index in [0.29, 0.717) is 0 Å². The molecule has 6 heteroatoms. The van der Waals surface area contributed by atoms with Crippen molar-refractivity contribution in [1.29, 1.82) is 0 Å². The lowest BCUT2D eigenvalue weighted by molar-refractivity contribution is 0.0908. The molecule has 0 bridgehead atoms. The van der Waals surface area contributed by atoms with E-state index in [2.05, 4.69) is 5.43 Å². The van der Waals surface area contributed by atoms with Crippen molar-refractivity contribution >= 4 is 6.09 Å². The smallest absolute Gasteiger partial charge is 0.419 e. The minimum atomic E-state index is -1.23. The highest BCUT2D eigenvalue weighted by molar-refractivity contribution is 5.63. The van der Waals surface area contributed by atoms with Gasteiger partial charge in [0.2, 0.25) is 0 Å². The Hall–Kier alpha value is -0.850. The summed E-state index contributed by atoms with van der Waals surface area (Å²) < 4.78 is 0. The number of rotatable bonds is 4. The molecular formula is C4H10N2O4. The average Bonchev–Trinajstić information content (AvgIpc) is 1.87. The van der Waals surface area contributed by atoms with E-state index < -0.39 is 18.8 Å². The fourth-order valence-electron chi connectivity index (χ4n) is 0.309. The zero-order chi connectivity index (χ0) is 7.98. The predicted octanol–water partition coefficient (Wildman–Crippen LogP) is -1.89. The van der Waals surface area contributed by atoms with Crippen molar-refractivity contribution in [2.45, 2.75) is 6.10 Å². The van der Waals surface area contributed by atoms with Crippen LogP contribution in [0.1, 0.15) is 0 Å². The van der Waals surface area contributed by atoms with E-state index in [1.807, 2.05) is 0 Å². The van der Waals surface area contributed by atoms with Crippen LogP contribution in [0.2, 0.25) is 0 Å². The summed E-state index contributed by atoms with van der Waals surface area (Å²) in [5.74, 6) is 0. The first-order valence-electron chi connectivity index (χ1n) is 2.67. The maximum atomic E-state index is 9.75. The normalized spacial score (nSPS) is 12.6. The Kier molecular flexibility index (Phi) is 4.55. The van der Waals surface area contributed by atoms with Crippen LogP contribution in [0.25, 0.3) is 0 Å². The van der Waals surface area contributed by atoms with Crippen LogP contribution in [0.15, 0.2) is 0 Å². The van der Waals surface area contributed by atoms with Crippen LogP contribution in [-0.4, -0.2) is 40.7 Å². The summed E-state index contributed by atoms with van der Waals surface area (Å²) in [5, 5.41) is 24.8. The van der Waals surface area contributed by atoms with Crippen LogP contribution in [-0.2, 0) is 0 Å². The Morgan fingerprint density at radius 3 is 2.60 bits per heavy atom. The van der Waals surface area contributed by atoms with Gasteiger partial charge in [0.05, 0.1) is 12.7 Å². The molecule has 0 saturated heterocycles. The summed E-state index contributed by atoms with van der Waals surface area (Å²) in [5.41, 5.74) is 3.98. The third kappa shape index (κ3) is 5.29. The SMILES string of the molecule is O=C(O)NNCC(O)CO. The highest BCUT2D eigenvalue weighted by Gasteiger charge is 2.00. The lowest BCUT2D eigenvalue weighted by atomic mass is 10.4. The van der Waals surface area contributed by atoms with Gasteiger partial charge in [0.1, 0.15) is 0 Å². The van der Waals surface area contributed by atoms with E-state index in [9.17, 15) is 4.79 Å². The van der Waals surface area contributed by atoms with Gasteiger partial charge in [0.25, 0.3) is 0 Å². The first kappa shape index (κ1) is 9.15. The highest BCUT2D eigenvalue weighted by Crippen LogP contribution is 1.73. The largest absolute Gasteiger partial charge is 0.464 e. The van der Waals surface area contributed by atoms with E-state index in [0.717, 1.165) is 0 Å².